The summed E-state index contributed by atoms with van der Waals surface area (Å²) in [7, 11) is -1.62. The van der Waals surface area contributed by atoms with Crippen molar-refractivity contribution >= 4 is 19.7 Å². The van der Waals surface area contributed by atoms with Crippen LogP contribution in [0.2, 0.25) is 18.1 Å². The van der Waals surface area contributed by atoms with Gasteiger partial charge in [0.05, 0.1) is 4.88 Å². The van der Waals surface area contributed by atoms with Gasteiger partial charge < -0.3 is 4.43 Å². The van der Waals surface area contributed by atoms with Gasteiger partial charge in [-0.25, -0.2) is 0 Å². The molecule has 0 aliphatic rings. The topological polar surface area (TPSA) is 9.23 Å². The molecule has 1 aromatic rings. The molecule has 0 aliphatic heterocycles. The number of hydrogen-bond acceptors (Lipinski definition) is 2. The van der Waals surface area contributed by atoms with E-state index in [0.717, 1.165) is 13.0 Å². The number of thiophene rings is 1. The first kappa shape index (κ1) is 17.5. The van der Waals surface area contributed by atoms with Gasteiger partial charge in [-0.15, -0.1) is 11.3 Å². The highest BCUT2D eigenvalue weighted by atomic mass is 32.1. The number of aryl methyl sites for hydroxylation is 1. The fourth-order valence-electron chi connectivity index (χ4n) is 1.58. The van der Waals surface area contributed by atoms with Crippen LogP contribution in [0, 0.1) is 32.6 Å². The third-order valence-electron chi connectivity index (χ3n) is 4.38. The van der Waals surface area contributed by atoms with Gasteiger partial charge in [0.2, 0.25) is 0 Å². The van der Waals surface area contributed by atoms with Crippen LogP contribution in [0.4, 0.5) is 0 Å². The molecule has 0 atom stereocenters. The molecular formula is C17H28OSSi. The highest BCUT2D eigenvalue weighted by Gasteiger charge is 2.36. The van der Waals surface area contributed by atoms with Gasteiger partial charge in [-0.05, 0) is 50.0 Å². The molecule has 112 valence electrons. The SMILES string of the molecule is Cc1sc(C#CCCO[Si](C)(C)C(C)(C)C)c(C)c1C. The average molecular weight is 309 g/mol. The van der Waals surface area contributed by atoms with Crippen molar-refractivity contribution in [2.45, 2.75) is 66.1 Å². The molecule has 1 rings (SSSR count). The normalized spacial score (nSPS) is 12.2. The van der Waals surface area contributed by atoms with Gasteiger partial charge in [0.25, 0.3) is 0 Å². The van der Waals surface area contributed by atoms with Crippen LogP contribution in [0.1, 0.15) is 48.1 Å². The molecule has 0 fully saturated rings. The molecule has 0 spiro atoms. The summed E-state index contributed by atoms with van der Waals surface area (Å²) in [6, 6.07) is 0. The van der Waals surface area contributed by atoms with Gasteiger partial charge in [0, 0.05) is 17.9 Å². The Morgan fingerprint density at radius 1 is 1.10 bits per heavy atom. The zero-order chi connectivity index (χ0) is 15.6. The molecule has 0 saturated heterocycles. The van der Waals surface area contributed by atoms with Crippen LogP contribution in [0.15, 0.2) is 0 Å². The van der Waals surface area contributed by atoms with Gasteiger partial charge in [0.15, 0.2) is 8.32 Å². The van der Waals surface area contributed by atoms with Crippen molar-refractivity contribution in [1.82, 2.24) is 0 Å². The summed E-state index contributed by atoms with van der Waals surface area (Å²) in [4.78, 5) is 2.59. The summed E-state index contributed by atoms with van der Waals surface area (Å²) in [5.74, 6) is 6.57. The number of rotatable bonds is 3. The Hall–Kier alpha value is -0.563. The minimum atomic E-state index is -1.62. The van der Waals surface area contributed by atoms with E-state index < -0.39 is 8.32 Å². The van der Waals surface area contributed by atoms with E-state index in [0.29, 0.717) is 0 Å². The van der Waals surface area contributed by atoms with Crippen molar-refractivity contribution in [1.29, 1.82) is 0 Å². The zero-order valence-electron chi connectivity index (χ0n) is 14.2. The predicted molar refractivity (Wildman–Crippen MR) is 93.2 cm³/mol. The molecular weight excluding hydrogens is 280 g/mol. The summed E-state index contributed by atoms with van der Waals surface area (Å²) in [5.41, 5.74) is 2.72. The first-order valence-electron chi connectivity index (χ1n) is 7.25. The minimum absolute atomic E-state index is 0.277. The molecule has 0 saturated carbocycles. The van der Waals surface area contributed by atoms with Crippen LogP contribution < -0.4 is 0 Å². The summed E-state index contributed by atoms with van der Waals surface area (Å²) in [6.45, 7) is 18.6. The van der Waals surface area contributed by atoms with E-state index in [1.165, 1.54) is 20.9 Å². The Balaban J connectivity index is 2.55. The zero-order valence-corrected chi connectivity index (χ0v) is 16.0. The van der Waals surface area contributed by atoms with E-state index in [4.69, 9.17) is 4.43 Å². The lowest BCUT2D eigenvalue weighted by Gasteiger charge is -2.35. The van der Waals surface area contributed by atoms with Crippen molar-refractivity contribution in [3.05, 3.63) is 20.9 Å². The first-order chi connectivity index (χ1) is 9.06. The Morgan fingerprint density at radius 3 is 2.15 bits per heavy atom. The van der Waals surface area contributed by atoms with Gasteiger partial charge in [-0.2, -0.15) is 0 Å². The van der Waals surface area contributed by atoms with Gasteiger partial charge in [-0.1, -0.05) is 32.6 Å². The highest BCUT2D eigenvalue weighted by molar-refractivity contribution is 7.12. The van der Waals surface area contributed by atoms with Crippen LogP contribution in [0.3, 0.4) is 0 Å². The van der Waals surface area contributed by atoms with E-state index in [9.17, 15) is 0 Å². The van der Waals surface area contributed by atoms with E-state index >= 15 is 0 Å². The molecule has 0 amide bonds. The van der Waals surface area contributed by atoms with E-state index in [2.05, 4.69) is 66.5 Å². The quantitative estimate of drug-likeness (QED) is 0.410. The molecule has 0 aliphatic carbocycles. The highest BCUT2D eigenvalue weighted by Crippen LogP contribution is 2.36. The Morgan fingerprint density at radius 2 is 1.70 bits per heavy atom. The van der Waals surface area contributed by atoms with Crippen LogP contribution in [-0.4, -0.2) is 14.9 Å². The lowest BCUT2D eigenvalue weighted by atomic mass is 10.1. The fraction of sp³-hybridized carbons (Fsp3) is 0.647. The van der Waals surface area contributed by atoms with Crippen LogP contribution in [-0.2, 0) is 4.43 Å². The van der Waals surface area contributed by atoms with Crippen molar-refractivity contribution < 1.29 is 4.43 Å². The van der Waals surface area contributed by atoms with Crippen LogP contribution in [0.5, 0.6) is 0 Å². The van der Waals surface area contributed by atoms with E-state index in [-0.39, 0.29) is 5.04 Å². The molecule has 3 heteroatoms. The summed E-state index contributed by atoms with van der Waals surface area (Å²) >= 11 is 1.80. The Labute approximate surface area is 129 Å². The summed E-state index contributed by atoms with van der Waals surface area (Å²) < 4.78 is 6.13. The second-order valence-corrected chi connectivity index (χ2v) is 12.9. The van der Waals surface area contributed by atoms with Crippen molar-refractivity contribution in [3.63, 3.8) is 0 Å². The second-order valence-electron chi connectivity index (χ2n) is 6.90. The lowest BCUT2D eigenvalue weighted by Crippen LogP contribution is -2.40. The molecule has 0 bridgehead atoms. The van der Waals surface area contributed by atoms with Crippen LogP contribution in [0.25, 0.3) is 0 Å². The number of hydrogen-bond donors (Lipinski definition) is 0. The minimum Gasteiger partial charge on any atom is -0.416 e. The second kappa shape index (κ2) is 6.47. The third-order valence-corrected chi connectivity index (χ3v) is 10.1. The molecule has 1 heterocycles. The molecule has 1 nitrogen and oxygen atoms in total. The van der Waals surface area contributed by atoms with E-state index in [1.807, 2.05) is 0 Å². The average Bonchev–Trinajstić information content (AvgIpc) is 2.55. The molecule has 0 unspecified atom stereocenters. The lowest BCUT2D eigenvalue weighted by molar-refractivity contribution is 0.296. The van der Waals surface area contributed by atoms with Crippen molar-refractivity contribution in [2.24, 2.45) is 0 Å². The van der Waals surface area contributed by atoms with E-state index in [1.54, 1.807) is 11.3 Å². The standard InChI is InChI=1S/C17H28OSSi/c1-13-14(2)16(19-15(13)3)11-9-10-12-18-20(7,8)17(4,5)6/h10,12H2,1-8H3. The first-order valence-corrected chi connectivity index (χ1v) is 11.0. The molecule has 0 N–H and O–H groups in total. The smallest absolute Gasteiger partial charge is 0.192 e. The predicted octanol–water partition coefficient (Wildman–Crippen LogP) is 5.44. The monoisotopic (exact) mass is 308 g/mol. The van der Waals surface area contributed by atoms with Crippen molar-refractivity contribution in [2.75, 3.05) is 6.61 Å². The maximum atomic E-state index is 6.13. The maximum absolute atomic E-state index is 6.13. The van der Waals surface area contributed by atoms with Gasteiger partial charge in [0.1, 0.15) is 0 Å². The Bertz CT molecular complexity index is 524. The van der Waals surface area contributed by atoms with Gasteiger partial charge in [-0.3, -0.25) is 0 Å². The summed E-state index contributed by atoms with van der Waals surface area (Å²) in [5, 5.41) is 0.277. The fourth-order valence-corrected chi connectivity index (χ4v) is 3.66. The van der Waals surface area contributed by atoms with Crippen LogP contribution >= 0.6 is 11.3 Å². The van der Waals surface area contributed by atoms with Crippen molar-refractivity contribution in [3.8, 4) is 11.8 Å². The molecule has 0 aromatic carbocycles. The molecule has 0 radical (unpaired) electrons. The Kier molecular flexibility index (Phi) is 5.66. The molecule has 1 aromatic heterocycles. The third kappa shape index (κ3) is 4.21. The van der Waals surface area contributed by atoms with Gasteiger partial charge >= 0.3 is 0 Å². The molecule has 20 heavy (non-hydrogen) atoms. The summed E-state index contributed by atoms with van der Waals surface area (Å²) in [6.07, 6.45) is 0.821. The maximum Gasteiger partial charge on any atom is 0.192 e. The largest absolute Gasteiger partial charge is 0.416 e.